The number of rotatable bonds is 4. The van der Waals surface area contributed by atoms with Crippen molar-refractivity contribution in [2.45, 2.75) is 38.4 Å². The molecular weight excluding hydrogens is 287 g/mol. The molecule has 118 valence electrons. The molecule has 1 saturated heterocycles. The van der Waals surface area contributed by atoms with E-state index in [0.717, 1.165) is 4.90 Å². The number of carbonyl (C=O) groups is 1. The lowest BCUT2D eigenvalue weighted by molar-refractivity contribution is -0.149. The van der Waals surface area contributed by atoms with Gasteiger partial charge in [-0.15, -0.1) is 0 Å². The average molecular weight is 305 g/mol. The highest BCUT2D eigenvalue weighted by Gasteiger charge is 2.38. The first kappa shape index (κ1) is 15.9. The molecule has 1 atom stereocenters. The van der Waals surface area contributed by atoms with Crippen LogP contribution in [0.5, 0.6) is 0 Å². The summed E-state index contributed by atoms with van der Waals surface area (Å²) in [5.41, 5.74) is 0. The fourth-order valence-corrected chi connectivity index (χ4v) is 2.35. The number of aryl methyl sites for hydroxylation is 1. The van der Waals surface area contributed by atoms with Crippen molar-refractivity contribution < 1.29 is 27.1 Å². The van der Waals surface area contributed by atoms with Gasteiger partial charge in [0.2, 0.25) is 0 Å². The third kappa shape index (κ3) is 4.23. The van der Waals surface area contributed by atoms with Crippen molar-refractivity contribution in [1.29, 1.82) is 0 Å². The van der Waals surface area contributed by atoms with E-state index in [1.165, 1.54) is 6.07 Å². The number of hydrogen-bond acceptors (Lipinski definition) is 3. The maximum atomic E-state index is 12.7. The summed E-state index contributed by atoms with van der Waals surface area (Å²) in [6.45, 7) is 1.20. The van der Waals surface area contributed by atoms with Gasteiger partial charge in [0.15, 0.2) is 5.76 Å². The normalized spacial score (nSPS) is 19.5. The van der Waals surface area contributed by atoms with Gasteiger partial charge in [0.25, 0.3) is 5.91 Å². The number of ether oxygens (including phenoxy) is 1. The van der Waals surface area contributed by atoms with E-state index in [-0.39, 0.29) is 12.4 Å². The minimum atomic E-state index is -4.45. The van der Waals surface area contributed by atoms with Gasteiger partial charge in [0.05, 0.1) is 12.6 Å². The summed E-state index contributed by atoms with van der Waals surface area (Å²) in [5.74, 6) is -0.214. The molecule has 4 nitrogen and oxygen atoms in total. The number of amides is 1. The van der Waals surface area contributed by atoms with Gasteiger partial charge in [-0.2, -0.15) is 13.2 Å². The molecule has 0 radical (unpaired) electrons. The summed E-state index contributed by atoms with van der Waals surface area (Å²) in [6.07, 6.45) is -2.72. The van der Waals surface area contributed by atoms with Crippen LogP contribution in [0.2, 0.25) is 0 Å². The zero-order valence-corrected chi connectivity index (χ0v) is 11.8. The molecule has 7 heteroatoms. The first-order valence-electron chi connectivity index (χ1n) is 6.95. The molecule has 2 rings (SSSR count). The Morgan fingerprint density at radius 1 is 1.43 bits per heavy atom. The molecule has 0 saturated carbocycles. The van der Waals surface area contributed by atoms with E-state index in [4.69, 9.17) is 9.15 Å². The van der Waals surface area contributed by atoms with Crippen LogP contribution in [0.15, 0.2) is 16.5 Å². The maximum absolute atomic E-state index is 12.7. The van der Waals surface area contributed by atoms with Gasteiger partial charge in [-0.1, -0.05) is 6.92 Å². The van der Waals surface area contributed by atoms with Crippen LogP contribution in [-0.2, 0) is 11.2 Å². The zero-order chi connectivity index (χ0) is 15.5. The predicted molar refractivity (Wildman–Crippen MR) is 69.0 cm³/mol. The molecule has 2 heterocycles. The van der Waals surface area contributed by atoms with Crippen LogP contribution < -0.4 is 0 Å². The summed E-state index contributed by atoms with van der Waals surface area (Å²) in [7, 11) is 0. The number of furan rings is 1. The van der Waals surface area contributed by atoms with Crippen LogP contribution in [0.25, 0.3) is 0 Å². The Morgan fingerprint density at radius 2 is 2.19 bits per heavy atom. The lowest BCUT2D eigenvalue weighted by Crippen LogP contribution is -2.49. The van der Waals surface area contributed by atoms with Gasteiger partial charge in [-0.3, -0.25) is 4.79 Å². The minimum absolute atomic E-state index is 0.0540. The highest BCUT2D eigenvalue weighted by molar-refractivity contribution is 5.91. The average Bonchev–Trinajstić information content (AvgIpc) is 2.93. The number of carbonyl (C=O) groups excluding carboxylic acids is 1. The summed E-state index contributed by atoms with van der Waals surface area (Å²) >= 11 is 0. The standard InChI is InChI=1S/C14H18F3NO3/c1-2-11-5-6-12(21-11)13(19)18(9-14(15,16)17)10-4-3-7-20-8-10/h5-6,10H,2-4,7-9H2,1H3/t10-/m0/s1. The van der Waals surface area contributed by atoms with Gasteiger partial charge in [0.1, 0.15) is 12.3 Å². The van der Waals surface area contributed by atoms with Gasteiger partial charge >= 0.3 is 6.18 Å². The van der Waals surface area contributed by atoms with E-state index in [0.29, 0.717) is 31.6 Å². The molecule has 0 N–H and O–H groups in total. The van der Waals surface area contributed by atoms with Crippen LogP contribution in [0.4, 0.5) is 13.2 Å². The fourth-order valence-electron chi connectivity index (χ4n) is 2.35. The van der Waals surface area contributed by atoms with E-state index in [9.17, 15) is 18.0 Å². The maximum Gasteiger partial charge on any atom is 0.406 e. The van der Waals surface area contributed by atoms with E-state index >= 15 is 0 Å². The zero-order valence-electron chi connectivity index (χ0n) is 11.8. The molecule has 0 spiro atoms. The molecule has 1 aromatic rings. The Bertz CT molecular complexity index is 478. The largest absolute Gasteiger partial charge is 0.456 e. The summed E-state index contributed by atoms with van der Waals surface area (Å²) in [5, 5.41) is 0. The van der Waals surface area contributed by atoms with E-state index in [1.54, 1.807) is 6.07 Å². The smallest absolute Gasteiger partial charge is 0.406 e. The molecule has 21 heavy (non-hydrogen) atoms. The molecule has 1 amide bonds. The predicted octanol–water partition coefficient (Wildman–Crippen LogP) is 3.03. The molecule has 1 aliphatic heterocycles. The van der Waals surface area contributed by atoms with Crippen molar-refractivity contribution in [3.05, 3.63) is 23.7 Å². The number of halogens is 3. The molecule has 0 aliphatic carbocycles. The third-order valence-electron chi connectivity index (χ3n) is 3.41. The van der Waals surface area contributed by atoms with Gasteiger partial charge in [0, 0.05) is 13.0 Å². The van der Waals surface area contributed by atoms with E-state index in [1.807, 2.05) is 6.92 Å². The highest BCUT2D eigenvalue weighted by atomic mass is 19.4. The number of hydrogen-bond donors (Lipinski definition) is 0. The van der Waals surface area contributed by atoms with Crippen molar-refractivity contribution in [3.63, 3.8) is 0 Å². The molecule has 1 fully saturated rings. The Balaban J connectivity index is 2.18. The lowest BCUT2D eigenvalue weighted by atomic mass is 10.1. The van der Waals surface area contributed by atoms with Crippen LogP contribution in [0.1, 0.15) is 36.1 Å². The van der Waals surface area contributed by atoms with Crippen molar-refractivity contribution in [2.24, 2.45) is 0 Å². The second-order valence-electron chi connectivity index (χ2n) is 5.04. The van der Waals surface area contributed by atoms with Crippen molar-refractivity contribution in [3.8, 4) is 0 Å². The third-order valence-corrected chi connectivity index (χ3v) is 3.41. The molecule has 1 aliphatic rings. The van der Waals surface area contributed by atoms with E-state index < -0.39 is 24.7 Å². The highest BCUT2D eigenvalue weighted by Crippen LogP contribution is 2.24. The first-order valence-corrected chi connectivity index (χ1v) is 6.95. The topological polar surface area (TPSA) is 42.7 Å². The van der Waals surface area contributed by atoms with Crippen LogP contribution in [-0.4, -0.2) is 42.8 Å². The SMILES string of the molecule is CCc1ccc(C(=O)N(CC(F)(F)F)[C@H]2CCCOC2)o1. The van der Waals surface area contributed by atoms with Gasteiger partial charge < -0.3 is 14.1 Å². The summed E-state index contributed by atoms with van der Waals surface area (Å²) in [6, 6.07) is 2.47. The van der Waals surface area contributed by atoms with Crippen molar-refractivity contribution >= 4 is 5.91 Å². The Morgan fingerprint density at radius 3 is 2.71 bits per heavy atom. The van der Waals surface area contributed by atoms with Crippen molar-refractivity contribution in [1.82, 2.24) is 4.90 Å². The lowest BCUT2D eigenvalue weighted by Gasteiger charge is -2.34. The Labute approximate surface area is 120 Å². The minimum Gasteiger partial charge on any atom is -0.456 e. The molecular formula is C14H18F3NO3. The summed E-state index contributed by atoms with van der Waals surface area (Å²) < 4.78 is 48.7. The van der Waals surface area contributed by atoms with Crippen LogP contribution in [0, 0.1) is 0 Å². The first-order chi connectivity index (χ1) is 9.90. The Kier molecular flexibility index (Phi) is 4.92. The quantitative estimate of drug-likeness (QED) is 0.858. The second kappa shape index (κ2) is 6.51. The monoisotopic (exact) mass is 305 g/mol. The molecule has 0 aromatic carbocycles. The van der Waals surface area contributed by atoms with Gasteiger partial charge in [-0.25, -0.2) is 0 Å². The number of alkyl halides is 3. The fraction of sp³-hybridized carbons (Fsp3) is 0.643. The molecule has 1 aromatic heterocycles. The second-order valence-corrected chi connectivity index (χ2v) is 5.04. The molecule has 0 bridgehead atoms. The Hall–Kier alpha value is -1.50. The van der Waals surface area contributed by atoms with Gasteiger partial charge in [-0.05, 0) is 25.0 Å². The van der Waals surface area contributed by atoms with Crippen LogP contribution >= 0.6 is 0 Å². The molecule has 0 unspecified atom stereocenters. The van der Waals surface area contributed by atoms with E-state index in [2.05, 4.69) is 0 Å². The van der Waals surface area contributed by atoms with Crippen molar-refractivity contribution in [2.75, 3.05) is 19.8 Å². The van der Waals surface area contributed by atoms with Crippen LogP contribution in [0.3, 0.4) is 0 Å². The number of nitrogens with zero attached hydrogens (tertiary/aromatic N) is 1. The summed E-state index contributed by atoms with van der Waals surface area (Å²) in [4.78, 5) is 13.1.